The molecule has 98 valence electrons. The molecule has 0 amide bonds. The minimum absolute atomic E-state index is 0.465. The first-order valence-corrected chi connectivity index (χ1v) is 7.26. The van der Waals surface area contributed by atoms with Gasteiger partial charge >= 0.3 is 0 Å². The van der Waals surface area contributed by atoms with E-state index in [4.69, 9.17) is 4.42 Å². The van der Waals surface area contributed by atoms with Crippen molar-refractivity contribution in [2.75, 3.05) is 0 Å². The first-order valence-electron chi connectivity index (χ1n) is 6.47. The van der Waals surface area contributed by atoms with Crippen molar-refractivity contribution in [3.63, 3.8) is 0 Å². The molecule has 0 fully saturated rings. The second kappa shape index (κ2) is 5.45. The van der Waals surface area contributed by atoms with E-state index in [1.165, 1.54) is 16.5 Å². The summed E-state index contributed by atoms with van der Waals surface area (Å²) < 4.78 is 7.18. The van der Waals surface area contributed by atoms with Crippen LogP contribution in [-0.2, 0) is 13.0 Å². The maximum Gasteiger partial charge on any atom is 0.138 e. The molecule has 0 bridgehead atoms. The lowest BCUT2D eigenvalue weighted by molar-refractivity contribution is 0.483. The average Bonchev–Trinajstić information content (AvgIpc) is 2.71. The van der Waals surface area contributed by atoms with Crippen LogP contribution in [0.1, 0.15) is 37.7 Å². The maximum atomic E-state index is 6.06. The number of hydrogen-bond donors (Lipinski definition) is 1. The molecule has 1 heterocycles. The summed E-state index contributed by atoms with van der Waals surface area (Å²) in [6.07, 6.45) is 0.990. The Kier molecular flexibility index (Phi) is 4.13. The quantitative estimate of drug-likeness (QED) is 0.895. The zero-order chi connectivity index (χ0) is 13.3. The Balaban J connectivity index is 2.54. The summed E-state index contributed by atoms with van der Waals surface area (Å²) in [6.45, 7) is 9.36. The van der Waals surface area contributed by atoms with Gasteiger partial charge < -0.3 is 9.73 Å². The van der Waals surface area contributed by atoms with Gasteiger partial charge in [0.15, 0.2) is 0 Å². The Morgan fingerprint density at radius 2 is 2.06 bits per heavy atom. The van der Waals surface area contributed by atoms with Crippen LogP contribution in [-0.4, -0.2) is 6.04 Å². The first kappa shape index (κ1) is 13.6. The largest absolute Gasteiger partial charge is 0.459 e. The number of hydrogen-bond acceptors (Lipinski definition) is 2. The van der Waals surface area contributed by atoms with Crippen molar-refractivity contribution in [2.24, 2.45) is 0 Å². The zero-order valence-corrected chi connectivity index (χ0v) is 13.0. The Morgan fingerprint density at radius 3 is 2.67 bits per heavy atom. The van der Waals surface area contributed by atoms with E-state index in [1.54, 1.807) is 0 Å². The topological polar surface area (TPSA) is 25.2 Å². The van der Waals surface area contributed by atoms with Gasteiger partial charge in [-0.1, -0.05) is 42.8 Å². The maximum absolute atomic E-state index is 6.06. The molecule has 1 N–H and O–H groups in total. The van der Waals surface area contributed by atoms with Crippen LogP contribution in [0.3, 0.4) is 0 Å². The molecular weight excluding hydrogens is 290 g/mol. The van der Waals surface area contributed by atoms with Crippen molar-refractivity contribution in [2.45, 2.75) is 46.7 Å². The smallest absolute Gasteiger partial charge is 0.138 e. The number of furan rings is 1. The molecule has 0 atom stereocenters. The molecule has 0 spiro atoms. The molecule has 0 unspecified atom stereocenters. The van der Waals surface area contributed by atoms with E-state index in [-0.39, 0.29) is 0 Å². The van der Waals surface area contributed by atoms with Gasteiger partial charge in [0.05, 0.1) is 6.54 Å². The van der Waals surface area contributed by atoms with Crippen molar-refractivity contribution in [1.82, 2.24) is 5.32 Å². The van der Waals surface area contributed by atoms with Crippen LogP contribution >= 0.6 is 15.9 Å². The normalized spacial score (nSPS) is 11.7. The molecule has 1 aromatic carbocycles. The third kappa shape index (κ3) is 2.47. The molecule has 0 aliphatic heterocycles. The average molecular weight is 310 g/mol. The predicted molar refractivity (Wildman–Crippen MR) is 80.0 cm³/mol. The lowest BCUT2D eigenvalue weighted by Gasteiger charge is -2.06. The Morgan fingerprint density at radius 1 is 1.33 bits per heavy atom. The highest BCUT2D eigenvalue weighted by molar-refractivity contribution is 9.10. The zero-order valence-electron chi connectivity index (χ0n) is 11.4. The van der Waals surface area contributed by atoms with Gasteiger partial charge in [-0.25, -0.2) is 0 Å². The standard InChI is InChI=1S/C15H20BrNO/c1-5-11-13(8-17-9(2)3)18-15-10(4)6-7-12(16)14(11)15/h6-7,9,17H,5,8H2,1-4H3. The Bertz CT molecular complexity index is 557. The molecule has 0 aliphatic carbocycles. The number of fused-ring (bicyclic) bond motifs is 1. The molecule has 2 rings (SSSR count). The SMILES string of the molecule is CCc1c(CNC(C)C)oc2c(C)ccc(Br)c12. The highest BCUT2D eigenvalue weighted by Gasteiger charge is 2.16. The predicted octanol–water partition coefficient (Wildman–Crippen LogP) is 4.56. The first-order chi connectivity index (χ1) is 8.54. The Labute approximate surface area is 117 Å². The lowest BCUT2D eigenvalue weighted by atomic mass is 10.1. The van der Waals surface area contributed by atoms with Crippen LogP contribution in [0.25, 0.3) is 11.0 Å². The summed E-state index contributed by atoms with van der Waals surface area (Å²) in [7, 11) is 0. The number of benzene rings is 1. The third-order valence-corrected chi connectivity index (χ3v) is 3.85. The van der Waals surface area contributed by atoms with Gasteiger partial charge in [-0.2, -0.15) is 0 Å². The van der Waals surface area contributed by atoms with E-state index in [0.717, 1.165) is 28.8 Å². The summed E-state index contributed by atoms with van der Waals surface area (Å²) in [6, 6.07) is 4.66. The molecule has 2 aromatic rings. The summed E-state index contributed by atoms with van der Waals surface area (Å²) in [5.41, 5.74) is 3.52. The van der Waals surface area contributed by atoms with Crippen molar-refractivity contribution >= 4 is 26.9 Å². The molecule has 2 nitrogen and oxygen atoms in total. The van der Waals surface area contributed by atoms with Crippen LogP contribution in [0.2, 0.25) is 0 Å². The van der Waals surface area contributed by atoms with Gasteiger partial charge in [-0.3, -0.25) is 0 Å². The third-order valence-electron chi connectivity index (χ3n) is 3.19. The van der Waals surface area contributed by atoms with E-state index in [1.807, 2.05) is 0 Å². The highest BCUT2D eigenvalue weighted by atomic mass is 79.9. The van der Waals surface area contributed by atoms with Crippen molar-refractivity contribution in [3.8, 4) is 0 Å². The van der Waals surface area contributed by atoms with Gasteiger partial charge in [0.2, 0.25) is 0 Å². The van der Waals surface area contributed by atoms with E-state index in [9.17, 15) is 0 Å². The van der Waals surface area contributed by atoms with Crippen LogP contribution in [0, 0.1) is 6.92 Å². The van der Waals surface area contributed by atoms with E-state index < -0.39 is 0 Å². The van der Waals surface area contributed by atoms with Crippen molar-refractivity contribution in [1.29, 1.82) is 0 Å². The minimum atomic E-state index is 0.465. The van der Waals surface area contributed by atoms with Gasteiger partial charge in [0.1, 0.15) is 11.3 Å². The summed E-state index contributed by atoms with van der Waals surface area (Å²) >= 11 is 3.64. The summed E-state index contributed by atoms with van der Waals surface area (Å²) in [5, 5.41) is 4.66. The molecule has 0 aliphatic rings. The van der Waals surface area contributed by atoms with Crippen LogP contribution in [0.4, 0.5) is 0 Å². The number of nitrogens with one attached hydrogen (secondary N) is 1. The fourth-order valence-corrected chi connectivity index (χ4v) is 2.76. The molecule has 3 heteroatoms. The van der Waals surface area contributed by atoms with E-state index in [0.29, 0.717) is 6.04 Å². The molecule has 1 aromatic heterocycles. The van der Waals surface area contributed by atoms with Gasteiger partial charge in [0.25, 0.3) is 0 Å². The second-order valence-corrected chi connectivity index (χ2v) is 5.82. The Hall–Kier alpha value is -0.800. The number of rotatable bonds is 4. The molecule has 0 saturated heterocycles. The molecule has 0 radical (unpaired) electrons. The second-order valence-electron chi connectivity index (χ2n) is 4.96. The highest BCUT2D eigenvalue weighted by Crippen LogP contribution is 2.34. The van der Waals surface area contributed by atoms with Gasteiger partial charge in [-0.15, -0.1) is 0 Å². The monoisotopic (exact) mass is 309 g/mol. The fourth-order valence-electron chi connectivity index (χ4n) is 2.21. The van der Waals surface area contributed by atoms with E-state index >= 15 is 0 Å². The van der Waals surface area contributed by atoms with Gasteiger partial charge in [-0.05, 0) is 25.0 Å². The number of aryl methyl sites for hydroxylation is 2. The number of halogens is 1. The molecular formula is C15H20BrNO. The van der Waals surface area contributed by atoms with Crippen LogP contribution < -0.4 is 5.32 Å². The fraction of sp³-hybridized carbons (Fsp3) is 0.467. The molecule has 0 saturated carbocycles. The van der Waals surface area contributed by atoms with Crippen molar-refractivity contribution < 1.29 is 4.42 Å². The lowest BCUT2D eigenvalue weighted by Crippen LogP contribution is -2.22. The van der Waals surface area contributed by atoms with Crippen molar-refractivity contribution in [3.05, 3.63) is 33.5 Å². The van der Waals surface area contributed by atoms with Crippen LogP contribution in [0.5, 0.6) is 0 Å². The van der Waals surface area contributed by atoms with Gasteiger partial charge in [0, 0.05) is 21.5 Å². The molecule has 18 heavy (non-hydrogen) atoms. The van der Waals surface area contributed by atoms with E-state index in [2.05, 4.69) is 61.1 Å². The minimum Gasteiger partial charge on any atom is -0.459 e. The van der Waals surface area contributed by atoms with Crippen LogP contribution in [0.15, 0.2) is 21.0 Å². The summed E-state index contributed by atoms with van der Waals surface area (Å²) in [5.74, 6) is 1.07. The summed E-state index contributed by atoms with van der Waals surface area (Å²) in [4.78, 5) is 0.